The quantitative estimate of drug-likeness (QED) is 0.321. The molecule has 1 aromatic rings. The molecule has 1 amide bonds. The number of nitrogens with zero attached hydrogens (tertiary/aromatic N) is 5. The Kier molecular flexibility index (Phi) is 11.4. The number of carbonyl (C=O) groups excluding carboxylic acids is 1. The number of nitrogens with one attached hydrogen (secondary N) is 2. The van der Waals surface area contributed by atoms with Gasteiger partial charge < -0.3 is 20.1 Å². The highest BCUT2D eigenvalue weighted by Gasteiger charge is 2.26. The second-order valence-corrected chi connectivity index (χ2v) is 7.05. The number of aliphatic imine (C=N–C) groups is 1. The van der Waals surface area contributed by atoms with E-state index in [4.69, 9.17) is 0 Å². The van der Waals surface area contributed by atoms with E-state index in [1.807, 2.05) is 4.90 Å². The van der Waals surface area contributed by atoms with E-state index in [9.17, 15) is 4.79 Å². The normalized spacial score (nSPS) is 15.5. The number of aromatic nitrogens is 3. The summed E-state index contributed by atoms with van der Waals surface area (Å²) >= 11 is 0. The Hall–Kier alpha value is -1.39. The molecule has 1 fully saturated rings. The van der Waals surface area contributed by atoms with Crippen LogP contribution in [0.5, 0.6) is 0 Å². The fourth-order valence-corrected chi connectivity index (χ4v) is 3.56. The minimum atomic E-state index is 0. The Morgan fingerprint density at radius 3 is 2.54 bits per heavy atom. The SMILES string of the molecule is CCc1nncn1CCNC(=NC)NC1CCN(C(=O)C(CC)CC)CC1.I. The minimum absolute atomic E-state index is 0. The van der Waals surface area contributed by atoms with Gasteiger partial charge in [0.1, 0.15) is 12.2 Å². The number of amides is 1. The maximum absolute atomic E-state index is 12.5. The Bertz CT molecular complexity index is 607. The molecule has 2 heterocycles. The maximum atomic E-state index is 12.5. The van der Waals surface area contributed by atoms with Crippen molar-refractivity contribution < 1.29 is 4.79 Å². The molecular formula is C19H36IN7O. The van der Waals surface area contributed by atoms with Crippen LogP contribution in [0.3, 0.4) is 0 Å². The van der Waals surface area contributed by atoms with E-state index in [1.165, 1.54) is 0 Å². The number of carbonyl (C=O) groups is 1. The van der Waals surface area contributed by atoms with Crippen LogP contribution in [-0.2, 0) is 17.8 Å². The van der Waals surface area contributed by atoms with E-state index >= 15 is 0 Å². The molecule has 1 aliphatic rings. The van der Waals surface area contributed by atoms with E-state index in [-0.39, 0.29) is 29.9 Å². The summed E-state index contributed by atoms with van der Waals surface area (Å²) in [6, 6.07) is 0.350. The maximum Gasteiger partial charge on any atom is 0.225 e. The number of halogens is 1. The predicted molar refractivity (Wildman–Crippen MR) is 123 cm³/mol. The highest BCUT2D eigenvalue weighted by molar-refractivity contribution is 14.0. The predicted octanol–water partition coefficient (Wildman–Crippen LogP) is 2.05. The number of rotatable bonds is 8. The third-order valence-electron chi connectivity index (χ3n) is 5.36. The van der Waals surface area contributed by atoms with Gasteiger partial charge in [-0.3, -0.25) is 9.79 Å². The van der Waals surface area contributed by atoms with Crippen molar-refractivity contribution in [1.29, 1.82) is 0 Å². The van der Waals surface area contributed by atoms with Gasteiger partial charge in [0.15, 0.2) is 5.96 Å². The van der Waals surface area contributed by atoms with Gasteiger partial charge in [-0.2, -0.15) is 0 Å². The van der Waals surface area contributed by atoms with Crippen LogP contribution in [0.1, 0.15) is 52.3 Å². The van der Waals surface area contributed by atoms with Crippen molar-refractivity contribution in [2.75, 3.05) is 26.7 Å². The number of hydrogen-bond donors (Lipinski definition) is 2. The fraction of sp³-hybridized carbons (Fsp3) is 0.789. The first kappa shape index (κ1) is 24.6. The van der Waals surface area contributed by atoms with Gasteiger partial charge in [0, 0.05) is 51.6 Å². The molecule has 9 heteroatoms. The van der Waals surface area contributed by atoms with Crippen molar-refractivity contribution in [3.63, 3.8) is 0 Å². The van der Waals surface area contributed by atoms with Gasteiger partial charge in [-0.25, -0.2) is 0 Å². The Morgan fingerprint density at radius 2 is 1.96 bits per heavy atom. The van der Waals surface area contributed by atoms with Crippen LogP contribution in [0.25, 0.3) is 0 Å². The van der Waals surface area contributed by atoms with E-state index in [0.717, 1.165) is 70.1 Å². The van der Waals surface area contributed by atoms with Gasteiger partial charge >= 0.3 is 0 Å². The van der Waals surface area contributed by atoms with Crippen LogP contribution < -0.4 is 10.6 Å². The minimum Gasteiger partial charge on any atom is -0.355 e. The molecule has 2 N–H and O–H groups in total. The molecule has 8 nitrogen and oxygen atoms in total. The number of hydrogen-bond acceptors (Lipinski definition) is 4. The van der Waals surface area contributed by atoms with Gasteiger partial charge in [-0.05, 0) is 25.7 Å². The number of piperidine rings is 1. The van der Waals surface area contributed by atoms with Gasteiger partial charge in [0.25, 0.3) is 0 Å². The molecule has 1 saturated heterocycles. The molecule has 0 radical (unpaired) electrons. The molecule has 160 valence electrons. The molecule has 0 spiro atoms. The van der Waals surface area contributed by atoms with Crippen LogP contribution >= 0.6 is 24.0 Å². The third-order valence-corrected chi connectivity index (χ3v) is 5.36. The van der Waals surface area contributed by atoms with Crippen molar-refractivity contribution in [2.24, 2.45) is 10.9 Å². The molecule has 0 unspecified atom stereocenters. The van der Waals surface area contributed by atoms with Crippen molar-refractivity contribution in [1.82, 2.24) is 30.3 Å². The first-order chi connectivity index (χ1) is 13.1. The van der Waals surface area contributed by atoms with Crippen molar-refractivity contribution in [3.8, 4) is 0 Å². The van der Waals surface area contributed by atoms with Crippen molar-refractivity contribution in [2.45, 2.75) is 65.5 Å². The Labute approximate surface area is 186 Å². The number of likely N-dealkylation sites (tertiary alicyclic amines) is 1. The summed E-state index contributed by atoms with van der Waals surface area (Å²) in [6.45, 7) is 9.48. The third kappa shape index (κ3) is 6.89. The highest BCUT2D eigenvalue weighted by atomic mass is 127. The van der Waals surface area contributed by atoms with Gasteiger partial charge in [0.2, 0.25) is 5.91 Å². The van der Waals surface area contributed by atoms with Gasteiger partial charge in [0.05, 0.1) is 0 Å². The summed E-state index contributed by atoms with van der Waals surface area (Å²) < 4.78 is 2.06. The molecule has 0 bridgehead atoms. The first-order valence-electron chi connectivity index (χ1n) is 10.2. The van der Waals surface area contributed by atoms with E-state index in [2.05, 4.69) is 51.2 Å². The molecule has 0 atom stereocenters. The Morgan fingerprint density at radius 1 is 1.29 bits per heavy atom. The molecule has 0 saturated carbocycles. The van der Waals surface area contributed by atoms with Gasteiger partial charge in [-0.15, -0.1) is 34.2 Å². The summed E-state index contributed by atoms with van der Waals surface area (Å²) in [6.07, 6.45) is 6.41. The average Bonchev–Trinajstić information content (AvgIpc) is 3.16. The van der Waals surface area contributed by atoms with Crippen LogP contribution in [0, 0.1) is 5.92 Å². The van der Waals surface area contributed by atoms with E-state index in [1.54, 1.807) is 13.4 Å². The zero-order chi connectivity index (χ0) is 19.6. The summed E-state index contributed by atoms with van der Waals surface area (Å²) in [5, 5.41) is 14.9. The summed E-state index contributed by atoms with van der Waals surface area (Å²) in [5.74, 6) is 2.30. The second kappa shape index (κ2) is 12.9. The van der Waals surface area contributed by atoms with Crippen LogP contribution in [-0.4, -0.2) is 64.3 Å². The largest absolute Gasteiger partial charge is 0.355 e. The van der Waals surface area contributed by atoms with Crippen LogP contribution in [0.2, 0.25) is 0 Å². The summed E-state index contributed by atoms with van der Waals surface area (Å²) in [4.78, 5) is 18.9. The molecular weight excluding hydrogens is 469 g/mol. The highest BCUT2D eigenvalue weighted by Crippen LogP contribution is 2.17. The summed E-state index contributed by atoms with van der Waals surface area (Å²) in [7, 11) is 1.79. The Balaban J connectivity index is 0.00000392. The van der Waals surface area contributed by atoms with E-state index in [0.29, 0.717) is 11.9 Å². The van der Waals surface area contributed by atoms with Gasteiger partial charge in [-0.1, -0.05) is 20.8 Å². The zero-order valence-corrected chi connectivity index (χ0v) is 20.0. The first-order valence-corrected chi connectivity index (χ1v) is 10.2. The lowest BCUT2D eigenvalue weighted by molar-refractivity contribution is -0.136. The zero-order valence-electron chi connectivity index (χ0n) is 17.6. The van der Waals surface area contributed by atoms with Crippen molar-refractivity contribution >= 4 is 35.8 Å². The molecule has 28 heavy (non-hydrogen) atoms. The number of guanidine groups is 1. The smallest absolute Gasteiger partial charge is 0.225 e. The molecule has 0 aliphatic carbocycles. The second-order valence-electron chi connectivity index (χ2n) is 7.05. The average molecular weight is 505 g/mol. The molecule has 2 rings (SSSR count). The summed E-state index contributed by atoms with van der Waals surface area (Å²) in [5.41, 5.74) is 0. The molecule has 1 aliphatic heterocycles. The molecule has 0 aromatic carbocycles. The topological polar surface area (TPSA) is 87.4 Å². The van der Waals surface area contributed by atoms with Crippen molar-refractivity contribution in [3.05, 3.63) is 12.2 Å². The lowest BCUT2D eigenvalue weighted by Gasteiger charge is -2.34. The number of aryl methyl sites for hydroxylation is 1. The monoisotopic (exact) mass is 505 g/mol. The fourth-order valence-electron chi connectivity index (χ4n) is 3.56. The van der Waals surface area contributed by atoms with E-state index < -0.39 is 0 Å². The lowest BCUT2D eigenvalue weighted by atomic mass is 9.98. The standard InChI is InChI=1S/C19H35N7O.HI/c1-5-15(6-2)18(27)25-11-8-16(9-12-25)23-19(20-4)21-10-13-26-14-22-24-17(26)7-3;/h14-16H,5-13H2,1-4H3,(H2,20,21,23);1H. The van der Waals surface area contributed by atoms with Crippen LogP contribution in [0.15, 0.2) is 11.3 Å². The van der Waals surface area contributed by atoms with Crippen LogP contribution in [0.4, 0.5) is 0 Å². The molecule has 1 aromatic heterocycles. The lowest BCUT2D eigenvalue weighted by Crippen LogP contribution is -2.50.